The molecular weight excluding hydrogens is 324 g/mol. The Morgan fingerprint density at radius 3 is 1.73 bits per heavy atom. The van der Waals surface area contributed by atoms with Gasteiger partial charge in [-0.2, -0.15) is 0 Å². The number of hydrogen-bond donors (Lipinski definition) is 1. The quantitative estimate of drug-likeness (QED) is 0.321. The maximum absolute atomic E-state index is 11.5. The Bertz CT molecular complexity index is 504. The van der Waals surface area contributed by atoms with E-state index in [9.17, 15) is 9.90 Å². The third-order valence-electron chi connectivity index (χ3n) is 5.16. The highest BCUT2D eigenvalue weighted by atomic mass is 16.4. The molecule has 0 unspecified atom stereocenters. The SMILES string of the molecule is CC(C)CCCCCCCCCCCCCCCc1c(O)ccoc1=O. The summed E-state index contributed by atoms with van der Waals surface area (Å²) in [5.74, 6) is 0.932. The van der Waals surface area contributed by atoms with Crippen LogP contribution >= 0.6 is 0 Å². The molecule has 1 aromatic rings. The van der Waals surface area contributed by atoms with Crippen LogP contribution in [0.2, 0.25) is 0 Å². The van der Waals surface area contributed by atoms with Crippen molar-refractivity contribution in [2.24, 2.45) is 5.92 Å². The first-order chi connectivity index (χ1) is 12.6. The van der Waals surface area contributed by atoms with Crippen molar-refractivity contribution in [2.45, 2.75) is 110 Å². The summed E-state index contributed by atoms with van der Waals surface area (Å²) in [5, 5.41) is 9.66. The Kier molecular flexibility index (Phi) is 13.0. The van der Waals surface area contributed by atoms with Gasteiger partial charge in [-0.15, -0.1) is 0 Å². The zero-order valence-electron chi connectivity index (χ0n) is 17.1. The molecule has 3 heteroatoms. The van der Waals surface area contributed by atoms with Crippen molar-refractivity contribution in [3.05, 3.63) is 28.3 Å². The average Bonchev–Trinajstić information content (AvgIpc) is 2.60. The van der Waals surface area contributed by atoms with Crippen LogP contribution in [-0.4, -0.2) is 5.11 Å². The number of aromatic hydroxyl groups is 1. The molecule has 3 nitrogen and oxygen atoms in total. The Morgan fingerprint density at radius 1 is 0.808 bits per heavy atom. The van der Waals surface area contributed by atoms with Crippen LogP contribution in [-0.2, 0) is 6.42 Å². The first-order valence-electron chi connectivity index (χ1n) is 10.9. The fraction of sp³-hybridized carbons (Fsp3) is 0.783. The van der Waals surface area contributed by atoms with E-state index in [4.69, 9.17) is 4.42 Å². The van der Waals surface area contributed by atoms with Crippen LogP contribution < -0.4 is 5.63 Å². The molecule has 0 aliphatic carbocycles. The van der Waals surface area contributed by atoms with Gasteiger partial charge in [0.15, 0.2) is 0 Å². The predicted octanol–water partition coefficient (Wildman–Crippen LogP) is 7.01. The molecule has 0 bridgehead atoms. The summed E-state index contributed by atoms with van der Waals surface area (Å²) < 4.78 is 4.80. The predicted molar refractivity (Wildman–Crippen MR) is 110 cm³/mol. The van der Waals surface area contributed by atoms with Gasteiger partial charge < -0.3 is 9.52 Å². The topological polar surface area (TPSA) is 50.4 Å². The van der Waals surface area contributed by atoms with E-state index < -0.39 is 5.63 Å². The van der Waals surface area contributed by atoms with E-state index >= 15 is 0 Å². The molecule has 1 aromatic heterocycles. The molecule has 0 radical (unpaired) electrons. The second kappa shape index (κ2) is 14.9. The van der Waals surface area contributed by atoms with Crippen LogP contribution in [0.4, 0.5) is 0 Å². The van der Waals surface area contributed by atoms with Gasteiger partial charge in [-0.1, -0.05) is 97.3 Å². The van der Waals surface area contributed by atoms with Crippen LogP contribution in [0.5, 0.6) is 5.75 Å². The molecular formula is C23H40O3. The van der Waals surface area contributed by atoms with Crippen molar-refractivity contribution in [1.29, 1.82) is 0 Å². The minimum Gasteiger partial charge on any atom is -0.507 e. The molecule has 0 spiro atoms. The lowest BCUT2D eigenvalue weighted by Gasteiger charge is -2.05. The molecule has 150 valence electrons. The molecule has 0 aromatic carbocycles. The molecule has 0 saturated heterocycles. The fourth-order valence-corrected chi connectivity index (χ4v) is 3.47. The van der Waals surface area contributed by atoms with Crippen LogP contribution in [0.15, 0.2) is 21.5 Å². The van der Waals surface area contributed by atoms with E-state index in [1.165, 1.54) is 89.4 Å². The van der Waals surface area contributed by atoms with Crippen LogP contribution in [0, 0.1) is 5.92 Å². The molecule has 1 heterocycles. The van der Waals surface area contributed by atoms with Gasteiger partial charge in [0.2, 0.25) is 0 Å². The summed E-state index contributed by atoms with van der Waals surface area (Å²) in [6, 6.07) is 1.45. The Balaban J connectivity index is 1.83. The lowest BCUT2D eigenvalue weighted by atomic mass is 10.0. The molecule has 1 N–H and O–H groups in total. The minimum absolute atomic E-state index is 0.0705. The van der Waals surface area contributed by atoms with Gasteiger partial charge >= 0.3 is 5.63 Å². The maximum Gasteiger partial charge on any atom is 0.342 e. The summed E-state index contributed by atoms with van der Waals surface area (Å²) >= 11 is 0. The number of hydrogen-bond acceptors (Lipinski definition) is 3. The lowest BCUT2D eigenvalue weighted by Crippen LogP contribution is -2.06. The summed E-state index contributed by atoms with van der Waals surface area (Å²) in [7, 11) is 0. The van der Waals surface area contributed by atoms with Crippen molar-refractivity contribution in [1.82, 2.24) is 0 Å². The molecule has 0 aliphatic rings. The molecule has 0 fully saturated rings. The maximum atomic E-state index is 11.5. The average molecular weight is 365 g/mol. The normalized spacial score (nSPS) is 11.3. The molecule has 0 aliphatic heterocycles. The van der Waals surface area contributed by atoms with E-state index in [1.807, 2.05) is 0 Å². The molecule has 26 heavy (non-hydrogen) atoms. The van der Waals surface area contributed by atoms with Gasteiger partial charge in [0.25, 0.3) is 0 Å². The highest BCUT2D eigenvalue weighted by molar-refractivity contribution is 5.27. The van der Waals surface area contributed by atoms with E-state index in [2.05, 4.69) is 13.8 Å². The third kappa shape index (κ3) is 11.4. The molecule has 1 rings (SSSR count). The molecule has 0 atom stereocenters. The van der Waals surface area contributed by atoms with Gasteiger partial charge in [0, 0.05) is 6.07 Å². The monoisotopic (exact) mass is 364 g/mol. The fourth-order valence-electron chi connectivity index (χ4n) is 3.47. The minimum atomic E-state index is -0.398. The molecule has 0 saturated carbocycles. The first-order valence-corrected chi connectivity index (χ1v) is 10.9. The van der Waals surface area contributed by atoms with Gasteiger partial charge in [-0.25, -0.2) is 4.79 Å². The Hall–Kier alpha value is -1.25. The highest BCUT2D eigenvalue weighted by Gasteiger charge is 2.06. The van der Waals surface area contributed by atoms with Crippen LogP contribution in [0.25, 0.3) is 0 Å². The van der Waals surface area contributed by atoms with Gasteiger partial charge in [0.05, 0.1) is 11.8 Å². The summed E-state index contributed by atoms with van der Waals surface area (Å²) in [6.45, 7) is 4.62. The van der Waals surface area contributed by atoms with Crippen LogP contribution in [0.1, 0.15) is 109 Å². The standard InChI is InChI=1S/C23H40O3/c1-20(2)16-14-12-10-8-6-4-3-5-7-9-11-13-15-17-21-22(24)18-19-26-23(21)25/h18-20,24H,3-17H2,1-2H3. The van der Waals surface area contributed by atoms with Crippen molar-refractivity contribution in [2.75, 3.05) is 0 Å². The van der Waals surface area contributed by atoms with Crippen molar-refractivity contribution >= 4 is 0 Å². The highest BCUT2D eigenvalue weighted by Crippen LogP contribution is 2.17. The third-order valence-corrected chi connectivity index (χ3v) is 5.16. The van der Waals surface area contributed by atoms with E-state index in [-0.39, 0.29) is 5.75 Å². The van der Waals surface area contributed by atoms with Crippen LogP contribution in [0.3, 0.4) is 0 Å². The van der Waals surface area contributed by atoms with Gasteiger partial charge in [-0.05, 0) is 18.8 Å². The largest absolute Gasteiger partial charge is 0.507 e. The van der Waals surface area contributed by atoms with E-state index in [0.29, 0.717) is 12.0 Å². The number of rotatable bonds is 16. The van der Waals surface area contributed by atoms with Gasteiger partial charge in [0.1, 0.15) is 5.75 Å². The smallest absolute Gasteiger partial charge is 0.342 e. The van der Waals surface area contributed by atoms with E-state index in [1.54, 1.807) is 0 Å². The molecule has 0 amide bonds. The van der Waals surface area contributed by atoms with Gasteiger partial charge in [-0.3, -0.25) is 0 Å². The summed E-state index contributed by atoms with van der Waals surface area (Å²) in [4.78, 5) is 11.5. The summed E-state index contributed by atoms with van der Waals surface area (Å²) in [6.07, 6.45) is 20.3. The first kappa shape index (κ1) is 22.8. The second-order valence-corrected chi connectivity index (χ2v) is 8.10. The lowest BCUT2D eigenvalue weighted by molar-refractivity contribution is 0.432. The van der Waals surface area contributed by atoms with E-state index in [0.717, 1.165) is 18.8 Å². The Morgan fingerprint density at radius 2 is 1.27 bits per heavy atom. The number of unbranched alkanes of at least 4 members (excludes halogenated alkanes) is 12. The summed E-state index contributed by atoms with van der Waals surface area (Å²) in [5.41, 5.74) is 0.0293. The zero-order chi connectivity index (χ0) is 19.0. The zero-order valence-corrected chi connectivity index (χ0v) is 17.1. The van der Waals surface area contributed by atoms with Crippen molar-refractivity contribution in [3.63, 3.8) is 0 Å². The van der Waals surface area contributed by atoms with Crippen molar-refractivity contribution < 1.29 is 9.52 Å². The second-order valence-electron chi connectivity index (χ2n) is 8.10. The Labute approximate surface area is 160 Å². The van der Waals surface area contributed by atoms with Crippen molar-refractivity contribution in [3.8, 4) is 5.75 Å².